The van der Waals surface area contributed by atoms with Crippen molar-refractivity contribution in [3.63, 3.8) is 0 Å². The van der Waals surface area contributed by atoms with Crippen molar-refractivity contribution in [2.24, 2.45) is 4.99 Å². The molecule has 0 bridgehead atoms. The fourth-order valence-electron chi connectivity index (χ4n) is 3.30. The van der Waals surface area contributed by atoms with E-state index in [0.717, 1.165) is 4.88 Å². The molecule has 0 spiro atoms. The first-order valence-electron chi connectivity index (χ1n) is 9.47. The van der Waals surface area contributed by atoms with Crippen molar-refractivity contribution in [3.8, 4) is 0 Å². The molecule has 0 saturated carbocycles. The number of methoxy groups -OCH3 is 1. The van der Waals surface area contributed by atoms with Gasteiger partial charge in [0, 0.05) is 12.0 Å². The van der Waals surface area contributed by atoms with Crippen LogP contribution in [-0.4, -0.2) is 30.9 Å². The van der Waals surface area contributed by atoms with E-state index in [0.29, 0.717) is 26.2 Å². The zero-order chi connectivity index (χ0) is 22.0. The van der Waals surface area contributed by atoms with Gasteiger partial charge in [-0.1, -0.05) is 29.5 Å². The van der Waals surface area contributed by atoms with Crippen molar-refractivity contribution in [1.82, 2.24) is 4.57 Å². The van der Waals surface area contributed by atoms with Crippen LogP contribution in [0, 0.1) is 5.82 Å². The molecule has 1 unspecified atom stereocenters. The van der Waals surface area contributed by atoms with Crippen molar-refractivity contribution in [2.75, 3.05) is 20.3 Å². The minimum Gasteiger partial charge on any atom is -0.460 e. The molecule has 2 aromatic heterocycles. The number of rotatable bonds is 6. The van der Waals surface area contributed by atoms with Gasteiger partial charge in [-0.2, -0.15) is 0 Å². The molecule has 1 atom stereocenters. The van der Waals surface area contributed by atoms with Crippen LogP contribution in [-0.2, 0) is 14.3 Å². The summed E-state index contributed by atoms with van der Waals surface area (Å²) >= 11 is 2.69. The standard InChI is InChI=1S/C22H19FN2O4S2/c1-13-18(21(27)29-10-9-28-2)19(16-4-3-11-30-16)25-20(26)17(31-22(25)24-13)12-14-5-7-15(23)8-6-14/h3-8,11-12,19H,9-10H2,1-2H3/b17-12-. The largest absolute Gasteiger partial charge is 0.460 e. The molecule has 3 heterocycles. The van der Waals surface area contributed by atoms with Gasteiger partial charge in [0.2, 0.25) is 0 Å². The van der Waals surface area contributed by atoms with Crippen molar-refractivity contribution in [2.45, 2.75) is 13.0 Å². The number of nitrogens with zero attached hydrogens (tertiary/aromatic N) is 2. The van der Waals surface area contributed by atoms with Gasteiger partial charge in [0.1, 0.15) is 18.5 Å². The molecule has 1 aromatic carbocycles. The molecular weight excluding hydrogens is 439 g/mol. The van der Waals surface area contributed by atoms with E-state index < -0.39 is 12.0 Å². The maximum Gasteiger partial charge on any atom is 0.338 e. The number of ether oxygens (including phenoxy) is 2. The number of esters is 1. The molecule has 0 aliphatic carbocycles. The first kappa shape index (κ1) is 21.4. The third kappa shape index (κ3) is 4.30. The minimum atomic E-state index is -0.623. The lowest BCUT2D eigenvalue weighted by molar-refractivity contribution is -0.140. The van der Waals surface area contributed by atoms with Crippen LogP contribution in [0.1, 0.15) is 23.4 Å². The summed E-state index contributed by atoms with van der Waals surface area (Å²) in [7, 11) is 1.53. The first-order valence-corrected chi connectivity index (χ1v) is 11.2. The van der Waals surface area contributed by atoms with Crippen molar-refractivity contribution >= 4 is 34.7 Å². The van der Waals surface area contributed by atoms with Crippen molar-refractivity contribution in [1.29, 1.82) is 0 Å². The van der Waals surface area contributed by atoms with E-state index in [1.54, 1.807) is 25.1 Å². The second-order valence-corrected chi connectivity index (χ2v) is 8.77. The fourth-order valence-corrected chi connectivity index (χ4v) is 5.17. The number of carbonyl (C=O) groups is 1. The summed E-state index contributed by atoms with van der Waals surface area (Å²) < 4.78 is 25.5. The Bertz CT molecular complexity index is 1300. The molecule has 0 saturated heterocycles. The third-order valence-electron chi connectivity index (χ3n) is 4.74. The summed E-state index contributed by atoms with van der Waals surface area (Å²) in [5, 5.41) is 1.90. The van der Waals surface area contributed by atoms with Gasteiger partial charge in [0.15, 0.2) is 4.80 Å². The highest BCUT2D eigenvalue weighted by Crippen LogP contribution is 2.33. The van der Waals surface area contributed by atoms with Crippen molar-refractivity contribution in [3.05, 3.63) is 89.0 Å². The number of halogens is 1. The van der Waals surface area contributed by atoms with Crippen LogP contribution >= 0.6 is 22.7 Å². The van der Waals surface area contributed by atoms with Crippen molar-refractivity contribution < 1.29 is 18.7 Å². The lowest BCUT2D eigenvalue weighted by Crippen LogP contribution is -2.39. The third-order valence-corrected chi connectivity index (χ3v) is 6.65. The van der Waals surface area contributed by atoms with Crippen LogP contribution in [0.25, 0.3) is 6.08 Å². The molecule has 9 heteroatoms. The summed E-state index contributed by atoms with van der Waals surface area (Å²) in [6.45, 7) is 2.13. The van der Waals surface area contributed by atoms with Gasteiger partial charge in [0.25, 0.3) is 5.56 Å². The highest BCUT2D eigenvalue weighted by molar-refractivity contribution is 7.10. The lowest BCUT2D eigenvalue weighted by Gasteiger charge is -2.23. The lowest BCUT2D eigenvalue weighted by atomic mass is 10.0. The van der Waals surface area contributed by atoms with Gasteiger partial charge >= 0.3 is 5.97 Å². The Balaban J connectivity index is 1.84. The zero-order valence-corrected chi connectivity index (χ0v) is 18.5. The fraction of sp³-hybridized carbons (Fsp3) is 0.227. The van der Waals surface area contributed by atoms with E-state index in [-0.39, 0.29) is 24.6 Å². The maximum atomic E-state index is 13.3. The monoisotopic (exact) mass is 458 g/mol. The van der Waals surface area contributed by atoms with Gasteiger partial charge in [-0.05, 0) is 42.1 Å². The Morgan fingerprint density at radius 2 is 2.03 bits per heavy atom. The molecule has 4 rings (SSSR count). The van der Waals surface area contributed by atoms with Crippen LogP contribution in [0.15, 0.2) is 62.8 Å². The second-order valence-electron chi connectivity index (χ2n) is 6.78. The summed E-state index contributed by atoms with van der Waals surface area (Å²) in [4.78, 5) is 32.1. The average molecular weight is 459 g/mol. The molecule has 0 amide bonds. The topological polar surface area (TPSA) is 69.9 Å². The first-order chi connectivity index (χ1) is 15.0. The molecule has 3 aromatic rings. The minimum absolute atomic E-state index is 0.109. The van der Waals surface area contributed by atoms with E-state index in [4.69, 9.17) is 9.47 Å². The summed E-state index contributed by atoms with van der Waals surface area (Å²) in [6, 6.07) is 9.03. The number of aromatic nitrogens is 1. The number of fused-ring (bicyclic) bond motifs is 1. The number of thiophene rings is 1. The van der Waals surface area contributed by atoms with E-state index in [9.17, 15) is 14.0 Å². The Morgan fingerprint density at radius 1 is 1.26 bits per heavy atom. The maximum absolute atomic E-state index is 13.3. The SMILES string of the molecule is COCCOC(=O)C1=C(C)N=c2s/c(=C\c3ccc(F)cc3)c(=O)n2C1c1cccs1. The van der Waals surface area contributed by atoms with Gasteiger partial charge in [-0.3, -0.25) is 9.36 Å². The van der Waals surface area contributed by atoms with Crippen LogP contribution in [0.2, 0.25) is 0 Å². The smallest absolute Gasteiger partial charge is 0.338 e. The van der Waals surface area contributed by atoms with Gasteiger partial charge in [-0.15, -0.1) is 11.3 Å². The zero-order valence-electron chi connectivity index (χ0n) is 16.8. The molecule has 1 aliphatic heterocycles. The van der Waals surface area contributed by atoms with Gasteiger partial charge in [0.05, 0.1) is 22.4 Å². The van der Waals surface area contributed by atoms with E-state index in [2.05, 4.69) is 4.99 Å². The number of benzene rings is 1. The molecule has 31 heavy (non-hydrogen) atoms. The van der Waals surface area contributed by atoms with E-state index >= 15 is 0 Å². The van der Waals surface area contributed by atoms with E-state index in [1.807, 2.05) is 17.5 Å². The van der Waals surface area contributed by atoms with Crippen LogP contribution in [0.4, 0.5) is 4.39 Å². The van der Waals surface area contributed by atoms with Gasteiger partial charge in [-0.25, -0.2) is 14.2 Å². The predicted octanol–water partition coefficient (Wildman–Crippen LogP) is 2.63. The molecule has 1 aliphatic rings. The summed E-state index contributed by atoms with van der Waals surface area (Å²) in [6.07, 6.45) is 1.70. The number of hydrogen-bond donors (Lipinski definition) is 0. The molecule has 6 nitrogen and oxygen atoms in total. The Kier molecular flexibility index (Phi) is 6.26. The van der Waals surface area contributed by atoms with Crippen LogP contribution in [0.5, 0.6) is 0 Å². The predicted molar refractivity (Wildman–Crippen MR) is 117 cm³/mol. The highest BCUT2D eigenvalue weighted by Gasteiger charge is 2.33. The van der Waals surface area contributed by atoms with Crippen LogP contribution < -0.4 is 14.9 Å². The van der Waals surface area contributed by atoms with Gasteiger partial charge < -0.3 is 9.47 Å². The quantitative estimate of drug-likeness (QED) is 0.421. The molecule has 0 N–H and O–H groups in total. The number of thiazole rings is 1. The number of carbonyl (C=O) groups excluding carboxylic acids is 1. The average Bonchev–Trinajstić information content (AvgIpc) is 3.38. The molecule has 160 valence electrons. The molecular formula is C22H19FN2O4S2. The highest BCUT2D eigenvalue weighted by atomic mass is 32.1. The molecule has 0 radical (unpaired) electrons. The van der Waals surface area contributed by atoms with Crippen LogP contribution in [0.3, 0.4) is 0 Å². The summed E-state index contributed by atoms with van der Waals surface area (Å²) in [5.41, 5.74) is 1.28. The second kappa shape index (κ2) is 9.09. The summed E-state index contributed by atoms with van der Waals surface area (Å²) in [5.74, 6) is -0.868. The number of allylic oxidation sites excluding steroid dienone is 1. The Morgan fingerprint density at radius 3 is 2.71 bits per heavy atom. The molecule has 0 fully saturated rings. The normalized spacial score (nSPS) is 16.2. The Hall–Kier alpha value is -2.88. The van der Waals surface area contributed by atoms with E-state index in [1.165, 1.54) is 46.5 Å². The number of hydrogen-bond acceptors (Lipinski definition) is 7. The Labute approximate surface area is 185 Å².